The van der Waals surface area contributed by atoms with Crippen LogP contribution in [0.25, 0.3) is 0 Å². The summed E-state index contributed by atoms with van der Waals surface area (Å²) in [6, 6.07) is 0. The lowest BCUT2D eigenvalue weighted by molar-refractivity contribution is 0.0105. The Labute approximate surface area is 83.7 Å². The van der Waals surface area contributed by atoms with Crippen molar-refractivity contribution in [3.05, 3.63) is 0 Å². The highest BCUT2D eigenvalue weighted by Crippen LogP contribution is 2.27. The zero-order valence-electron chi connectivity index (χ0n) is 8.44. The molecule has 82 valence electrons. The summed E-state index contributed by atoms with van der Waals surface area (Å²) in [5.74, 6) is -1.85. The molecule has 0 spiro atoms. The fourth-order valence-electron chi connectivity index (χ4n) is 2.41. The quantitative estimate of drug-likeness (QED) is 0.730. The lowest BCUT2D eigenvalue weighted by Crippen LogP contribution is -2.38. The van der Waals surface area contributed by atoms with Crippen molar-refractivity contribution in [3.63, 3.8) is 0 Å². The monoisotopic (exact) mass is 204 g/mol. The number of nitrogens with zero attached hydrogens (tertiary/aromatic N) is 1. The number of piperidine rings is 1. The molecule has 2 aliphatic heterocycles. The van der Waals surface area contributed by atoms with Crippen molar-refractivity contribution >= 4 is 0 Å². The van der Waals surface area contributed by atoms with Crippen LogP contribution in [0.4, 0.5) is 8.78 Å². The maximum Gasteiger partial charge on any atom is 0.261 e. The number of hydrogen-bond acceptors (Lipinski definition) is 2. The van der Waals surface area contributed by atoms with Crippen molar-refractivity contribution in [1.29, 1.82) is 0 Å². The van der Waals surface area contributed by atoms with E-state index in [9.17, 15) is 8.78 Å². The average molecular weight is 204 g/mol. The molecule has 2 nitrogen and oxygen atoms in total. The average Bonchev–Trinajstić information content (AvgIpc) is 2.47. The minimum absolute atomic E-state index is 0.0243. The van der Waals surface area contributed by atoms with Gasteiger partial charge >= 0.3 is 0 Å². The zero-order valence-corrected chi connectivity index (χ0v) is 8.44. The van der Waals surface area contributed by atoms with Gasteiger partial charge in [0, 0.05) is 19.5 Å². The Bertz CT molecular complexity index is 191. The van der Waals surface area contributed by atoms with E-state index in [0.29, 0.717) is 12.5 Å². The molecule has 4 heteroatoms. The number of alkyl halides is 2. The first-order valence-electron chi connectivity index (χ1n) is 5.47. The van der Waals surface area contributed by atoms with Crippen LogP contribution in [0, 0.1) is 5.92 Å². The van der Waals surface area contributed by atoms with E-state index in [1.165, 1.54) is 12.8 Å². The highest BCUT2D eigenvalue weighted by molar-refractivity contribution is 4.84. The van der Waals surface area contributed by atoms with Crippen LogP contribution in [0.1, 0.15) is 19.3 Å². The van der Waals surface area contributed by atoms with Gasteiger partial charge in [-0.3, -0.25) is 4.90 Å². The van der Waals surface area contributed by atoms with Crippen LogP contribution in [0.2, 0.25) is 0 Å². The Kier molecular flexibility index (Phi) is 3.02. The first kappa shape index (κ1) is 10.3. The summed E-state index contributed by atoms with van der Waals surface area (Å²) < 4.78 is 25.8. The predicted octanol–water partition coefficient (Wildman–Crippen LogP) is 1.33. The van der Waals surface area contributed by atoms with Crippen molar-refractivity contribution < 1.29 is 8.78 Å². The van der Waals surface area contributed by atoms with Crippen LogP contribution in [-0.4, -0.2) is 43.5 Å². The third-order valence-corrected chi connectivity index (χ3v) is 3.16. The normalized spacial score (nSPS) is 33.4. The molecule has 0 amide bonds. The van der Waals surface area contributed by atoms with E-state index >= 15 is 0 Å². The van der Waals surface area contributed by atoms with Gasteiger partial charge in [-0.1, -0.05) is 0 Å². The Morgan fingerprint density at radius 1 is 1.43 bits per heavy atom. The van der Waals surface area contributed by atoms with Crippen molar-refractivity contribution in [1.82, 2.24) is 10.2 Å². The van der Waals surface area contributed by atoms with E-state index in [0.717, 1.165) is 19.6 Å². The molecule has 14 heavy (non-hydrogen) atoms. The van der Waals surface area contributed by atoms with E-state index < -0.39 is 5.92 Å². The molecular weight excluding hydrogens is 186 g/mol. The Balaban J connectivity index is 1.75. The van der Waals surface area contributed by atoms with E-state index in [4.69, 9.17) is 0 Å². The summed E-state index contributed by atoms with van der Waals surface area (Å²) in [7, 11) is 0. The molecule has 1 N–H and O–H groups in total. The van der Waals surface area contributed by atoms with Gasteiger partial charge < -0.3 is 5.32 Å². The first-order valence-corrected chi connectivity index (χ1v) is 5.47. The zero-order chi connectivity index (χ0) is 10.0. The largest absolute Gasteiger partial charge is 0.316 e. The lowest BCUT2D eigenvalue weighted by atomic mass is 9.99. The van der Waals surface area contributed by atoms with Crippen LogP contribution in [0.5, 0.6) is 0 Å². The second kappa shape index (κ2) is 4.11. The fraction of sp³-hybridized carbons (Fsp3) is 1.00. The molecule has 0 bridgehead atoms. The summed E-state index contributed by atoms with van der Waals surface area (Å²) in [5.41, 5.74) is 0. The number of rotatable bonds is 2. The van der Waals surface area contributed by atoms with Gasteiger partial charge in [0.2, 0.25) is 0 Å². The molecule has 0 unspecified atom stereocenters. The van der Waals surface area contributed by atoms with E-state index in [-0.39, 0.29) is 13.0 Å². The number of hydrogen-bond donors (Lipinski definition) is 1. The highest BCUT2D eigenvalue weighted by Gasteiger charge is 2.38. The first-order chi connectivity index (χ1) is 6.66. The Morgan fingerprint density at radius 2 is 2.29 bits per heavy atom. The molecule has 0 aromatic carbocycles. The molecule has 0 aromatic rings. The summed E-state index contributed by atoms with van der Waals surface area (Å²) >= 11 is 0. The van der Waals surface area contributed by atoms with Gasteiger partial charge in [0.05, 0.1) is 6.54 Å². The highest BCUT2D eigenvalue weighted by atomic mass is 19.3. The van der Waals surface area contributed by atoms with Crippen molar-refractivity contribution in [2.45, 2.75) is 25.2 Å². The second-order valence-electron chi connectivity index (χ2n) is 4.55. The van der Waals surface area contributed by atoms with Crippen LogP contribution in [0.3, 0.4) is 0 Å². The predicted molar refractivity (Wildman–Crippen MR) is 51.6 cm³/mol. The lowest BCUT2D eigenvalue weighted by Gasteiger charge is -2.27. The third-order valence-electron chi connectivity index (χ3n) is 3.16. The van der Waals surface area contributed by atoms with Gasteiger partial charge in [0.25, 0.3) is 5.92 Å². The third kappa shape index (κ3) is 2.64. The maximum absolute atomic E-state index is 12.9. The smallest absolute Gasteiger partial charge is 0.261 e. The van der Waals surface area contributed by atoms with Gasteiger partial charge in [0.15, 0.2) is 0 Å². The van der Waals surface area contributed by atoms with Crippen LogP contribution >= 0.6 is 0 Å². The molecule has 2 saturated heterocycles. The molecule has 0 radical (unpaired) electrons. The summed E-state index contributed by atoms with van der Waals surface area (Å²) in [6.07, 6.45) is 2.43. The van der Waals surface area contributed by atoms with E-state index in [2.05, 4.69) is 5.32 Å². The van der Waals surface area contributed by atoms with Crippen LogP contribution in [-0.2, 0) is 0 Å². The van der Waals surface area contributed by atoms with Crippen molar-refractivity contribution in [3.8, 4) is 0 Å². The Morgan fingerprint density at radius 3 is 2.86 bits per heavy atom. The van der Waals surface area contributed by atoms with Gasteiger partial charge in [-0.15, -0.1) is 0 Å². The number of nitrogens with one attached hydrogen (secondary N) is 1. The van der Waals surface area contributed by atoms with Crippen LogP contribution in [0.15, 0.2) is 0 Å². The topological polar surface area (TPSA) is 15.3 Å². The van der Waals surface area contributed by atoms with Crippen molar-refractivity contribution in [2.75, 3.05) is 32.7 Å². The molecule has 2 aliphatic rings. The molecule has 0 saturated carbocycles. The van der Waals surface area contributed by atoms with Gasteiger partial charge in [-0.2, -0.15) is 0 Å². The van der Waals surface area contributed by atoms with Gasteiger partial charge in [-0.05, 0) is 31.8 Å². The van der Waals surface area contributed by atoms with Gasteiger partial charge in [-0.25, -0.2) is 8.78 Å². The second-order valence-corrected chi connectivity index (χ2v) is 4.55. The maximum atomic E-state index is 12.9. The van der Waals surface area contributed by atoms with Crippen LogP contribution < -0.4 is 5.32 Å². The summed E-state index contributed by atoms with van der Waals surface area (Å²) in [4.78, 5) is 1.91. The summed E-state index contributed by atoms with van der Waals surface area (Å²) in [5, 5.41) is 3.32. The number of halogens is 2. The van der Waals surface area contributed by atoms with E-state index in [1.54, 1.807) is 0 Å². The molecule has 1 atom stereocenters. The molecule has 2 heterocycles. The minimum atomic E-state index is -2.43. The summed E-state index contributed by atoms with van der Waals surface area (Å²) in [6.45, 7) is 3.49. The van der Waals surface area contributed by atoms with Gasteiger partial charge in [0.1, 0.15) is 0 Å². The van der Waals surface area contributed by atoms with Crippen molar-refractivity contribution in [2.24, 2.45) is 5.92 Å². The Hall–Kier alpha value is -0.220. The molecule has 0 aromatic heterocycles. The molecule has 2 rings (SSSR count). The SMILES string of the molecule is FC1(F)CCN(C[C@@H]2CCCNC2)C1. The van der Waals surface area contributed by atoms with E-state index in [1.807, 2.05) is 4.90 Å². The molecular formula is C10H18F2N2. The molecule has 0 aliphatic carbocycles. The standard InChI is InChI=1S/C10H18F2N2/c11-10(12)3-5-14(8-10)7-9-2-1-4-13-6-9/h9,13H,1-8H2/t9-/m1/s1. The molecule has 2 fully saturated rings. The number of likely N-dealkylation sites (tertiary alicyclic amines) is 1. The minimum Gasteiger partial charge on any atom is -0.316 e. The fourth-order valence-corrected chi connectivity index (χ4v) is 2.41.